The summed E-state index contributed by atoms with van der Waals surface area (Å²) in [6.07, 6.45) is 0.294. The fourth-order valence-electron chi connectivity index (χ4n) is 1.48. The van der Waals surface area contributed by atoms with E-state index in [1.807, 2.05) is 6.92 Å². The molecule has 2 heteroatoms. The molecule has 11 heavy (non-hydrogen) atoms. The molecule has 1 rings (SSSR count). The normalized spacial score (nSPS) is 35.9. The molecule has 0 N–H and O–H groups in total. The smallest absolute Gasteiger partial charge is 0.180 e. The van der Waals surface area contributed by atoms with Crippen molar-refractivity contribution in [2.24, 2.45) is 10.9 Å². The van der Waals surface area contributed by atoms with Crippen LogP contribution in [0.4, 0.5) is 0 Å². The van der Waals surface area contributed by atoms with Gasteiger partial charge in [0.05, 0.1) is 5.54 Å². The van der Waals surface area contributed by atoms with Gasteiger partial charge in [-0.25, -0.2) is 4.99 Å². The van der Waals surface area contributed by atoms with Crippen molar-refractivity contribution in [2.75, 3.05) is 0 Å². The molecule has 0 spiro atoms. The summed E-state index contributed by atoms with van der Waals surface area (Å²) in [7, 11) is 0. The molecule has 0 aliphatic carbocycles. The van der Waals surface area contributed by atoms with Gasteiger partial charge in [0, 0.05) is 12.8 Å². The highest BCUT2D eigenvalue weighted by molar-refractivity contribution is 5.74. The van der Waals surface area contributed by atoms with Crippen LogP contribution in [0.1, 0.15) is 34.6 Å². The van der Waals surface area contributed by atoms with Crippen molar-refractivity contribution in [1.82, 2.24) is 0 Å². The molecule has 0 radical (unpaired) electrons. The first-order valence-electron chi connectivity index (χ1n) is 4.16. The molecule has 1 aliphatic heterocycles. The second kappa shape index (κ2) is 2.50. The Bertz CT molecular complexity index is 184. The van der Waals surface area contributed by atoms with Gasteiger partial charge in [0.15, 0.2) is 5.90 Å². The zero-order valence-corrected chi connectivity index (χ0v) is 8.01. The predicted molar refractivity (Wildman–Crippen MR) is 46.9 cm³/mol. The van der Waals surface area contributed by atoms with Crippen molar-refractivity contribution in [3.63, 3.8) is 0 Å². The Morgan fingerprint density at radius 3 is 2.36 bits per heavy atom. The maximum Gasteiger partial charge on any atom is 0.180 e. The van der Waals surface area contributed by atoms with E-state index in [0.717, 1.165) is 5.90 Å². The van der Waals surface area contributed by atoms with E-state index in [-0.39, 0.29) is 5.54 Å². The number of hydrogen-bond donors (Lipinski definition) is 0. The molecule has 0 saturated carbocycles. The first-order chi connectivity index (χ1) is 4.93. The minimum absolute atomic E-state index is 0.0434. The molecule has 64 valence electrons. The molecule has 0 bridgehead atoms. The number of ether oxygens (including phenoxy) is 1. The average Bonchev–Trinajstić information content (AvgIpc) is 1.81. The molecule has 2 nitrogen and oxygen atoms in total. The van der Waals surface area contributed by atoms with Crippen LogP contribution in [0.2, 0.25) is 0 Å². The van der Waals surface area contributed by atoms with Crippen LogP contribution in [0.3, 0.4) is 0 Å². The summed E-state index contributed by atoms with van der Waals surface area (Å²) in [5.41, 5.74) is 0.0434. The van der Waals surface area contributed by atoms with E-state index in [2.05, 4.69) is 32.7 Å². The third kappa shape index (κ3) is 1.55. The van der Waals surface area contributed by atoms with Gasteiger partial charge in [0.1, 0.15) is 6.10 Å². The lowest BCUT2D eigenvalue weighted by Crippen LogP contribution is -2.41. The van der Waals surface area contributed by atoms with Crippen LogP contribution in [0.5, 0.6) is 0 Å². The van der Waals surface area contributed by atoms with Crippen LogP contribution >= 0.6 is 0 Å². The summed E-state index contributed by atoms with van der Waals surface area (Å²) in [4.78, 5) is 4.44. The van der Waals surface area contributed by atoms with Crippen molar-refractivity contribution >= 4 is 5.90 Å². The molecule has 0 fully saturated rings. The first kappa shape index (κ1) is 8.57. The third-order valence-corrected chi connectivity index (χ3v) is 2.62. The van der Waals surface area contributed by atoms with Crippen LogP contribution < -0.4 is 0 Å². The van der Waals surface area contributed by atoms with E-state index in [9.17, 15) is 0 Å². The lowest BCUT2D eigenvalue weighted by molar-refractivity contribution is 0.0814. The fraction of sp³-hybridized carbons (Fsp3) is 0.889. The SMILES string of the molecule is CC1=NC(C)(C)C(C)C(C)O1. The molecule has 0 amide bonds. The van der Waals surface area contributed by atoms with Gasteiger partial charge in [-0.05, 0) is 20.8 Å². The summed E-state index contributed by atoms with van der Waals surface area (Å²) in [6.45, 7) is 10.5. The Morgan fingerprint density at radius 1 is 1.36 bits per heavy atom. The number of rotatable bonds is 0. The second-order valence-electron chi connectivity index (χ2n) is 3.90. The molecule has 1 aliphatic rings. The van der Waals surface area contributed by atoms with E-state index < -0.39 is 0 Å². The molecular weight excluding hydrogens is 138 g/mol. The maximum absolute atomic E-state index is 5.48. The molecule has 0 aromatic rings. The Hall–Kier alpha value is -0.530. The number of aliphatic imine (C=N–C) groups is 1. The molecule has 0 saturated heterocycles. The van der Waals surface area contributed by atoms with Gasteiger partial charge in [-0.1, -0.05) is 6.92 Å². The van der Waals surface area contributed by atoms with Gasteiger partial charge in [0.25, 0.3) is 0 Å². The fourth-order valence-corrected chi connectivity index (χ4v) is 1.48. The lowest BCUT2D eigenvalue weighted by Gasteiger charge is -2.37. The molecule has 0 aromatic carbocycles. The molecule has 2 atom stereocenters. The average molecular weight is 155 g/mol. The second-order valence-corrected chi connectivity index (χ2v) is 3.90. The van der Waals surface area contributed by atoms with Gasteiger partial charge < -0.3 is 4.74 Å². The van der Waals surface area contributed by atoms with Crippen molar-refractivity contribution in [3.05, 3.63) is 0 Å². The van der Waals surface area contributed by atoms with E-state index in [0.29, 0.717) is 12.0 Å². The van der Waals surface area contributed by atoms with Crippen LogP contribution in [0, 0.1) is 5.92 Å². The van der Waals surface area contributed by atoms with Crippen molar-refractivity contribution < 1.29 is 4.74 Å². The minimum Gasteiger partial charge on any atom is -0.478 e. The van der Waals surface area contributed by atoms with Gasteiger partial charge >= 0.3 is 0 Å². The summed E-state index contributed by atoms with van der Waals surface area (Å²) in [5, 5.41) is 0. The largest absolute Gasteiger partial charge is 0.478 e. The molecule has 2 unspecified atom stereocenters. The Kier molecular flexibility index (Phi) is 1.95. The summed E-state index contributed by atoms with van der Waals surface area (Å²) in [6, 6.07) is 0. The van der Waals surface area contributed by atoms with Gasteiger partial charge in [0.2, 0.25) is 0 Å². The maximum atomic E-state index is 5.48. The topological polar surface area (TPSA) is 21.6 Å². The van der Waals surface area contributed by atoms with Crippen molar-refractivity contribution in [2.45, 2.75) is 46.3 Å². The van der Waals surface area contributed by atoms with E-state index >= 15 is 0 Å². The van der Waals surface area contributed by atoms with E-state index in [1.165, 1.54) is 0 Å². The van der Waals surface area contributed by atoms with Crippen LogP contribution in [-0.4, -0.2) is 17.5 Å². The van der Waals surface area contributed by atoms with E-state index in [4.69, 9.17) is 4.74 Å². The first-order valence-corrected chi connectivity index (χ1v) is 4.16. The van der Waals surface area contributed by atoms with Crippen LogP contribution in [0.25, 0.3) is 0 Å². The third-order valence-electron chi connectivity index (χ3n) is 2.62. The predicted octanol–water partition coefficient (Wildman–Crippen LogP) is 2.24. The number of nitrogens with zero attached hydrogens (tertiary/aromatic N) is 1. The van der Waals surface area contributed by atoms with Crippen molar-refractivity contribution in [3.8, 4) is 0 Å². The van der Waals surface area contributed by atoms with Gasteiger partial charge in [-0.2, -0.15) is 0 Å². The Morgan fingerprint density at radius 2 is 1.91 bits per heavy atom. The standard InChI is InChI=1S/C9H17NO/c1-6-7(2)11-8(3)10-9(6,4)5/h6-7H,1-5H3. The van der Waals surface area contributed by atoms with Crippen LogP contribution in [-0.2, 0) is 4.74 Å². The van der Waals surface area contributed by atoms with E-state index in [1.54, 1.807) is 0 Å². The Balaban J connectivity index is 2.88. The Labute approximate surface area is 68.7 Å². The summed E-state index contributed by atoms with van der Waals surface area (Å²) in [5.74, 6) is 1.31. The number of hydrogen-bond acceptors (Lipinski definition) is 2. The van der Waals surface area contributed by atoms with Crippen molar-refractivity contribution in [1.29, 1.82) is 0 Å². The summed E-state index contributed by atoms with van der Waals surface area (Å²) < 4.78 is 5.48. The lowest BCUT2D eigenvalue weighted by atomic mass is 9.85. The monoisotopic (exact) mass is 155 g/mol. The highest BCUT2D eigenvalue weighted by Gasteiger charge is 2.34. The summed E-state index contributed by atoms with van der Waals surface area (Å²) >= 11 is 0. The highest BCUT2D eigenvalue weighted by Crippen LogP contribution is 2.29. The molecular formula is C9H17NO. The zero-order chi connectivity index (χ0) is 8.65. The van der Waals surface area contributed by atoms with Gasteiger partial charge in [-0.15, -0.1) is 0 Å². The quantitative estimate of drug-likeness (QED) is 0.525. The molecule has 0 aromatic heterocycles. The minimum atomic E-state index is 0.0434. The van der Waals surface area contributed by atoms with Crippen LogP contribution in [0.15, 0.2) is 4.99 Å². The highest BCUT2D eigenvalue weighted by atomic mass is 16.5. The van der Waals surface area contributed by atoms with Gasteiger partial charge in [-0.3, -0.25) is 0 Å². The molecule has 1 heterocycles. The zero-order valence-electron chi connectivity index (χ0n) is 8.01.